The summed E-state index contributed by atoms with van der Waals surface area (Å²) in [6, 6.07) is 7.70. The summed E-state index contributed by atoms with van der Waals surface area (Å²) in [6.45, 7) is 1.88. The van der Waals surface area contributed by atoms with E-state index in [0.29, 0.717) is 28.1 Å². The third-order valence-corrected chi connectivity index (χ3v) is 3.02. The van der Waals surface area contributed by atoms with E-state index in [0.717, 1.165) is 0 Å². The monoisotopic (exact) mass is 325 g/mol. The summed E-state index contributed by atoms with van der Waals surface area (Å²) in [7, 11) is 0. The minimum absolute atomic E-state index is 0.379. The molecule has 0 amide bonds. The average molecular weight is 326 g/mol. The van der Waals surface area contributed by atoms with Gasteiger partial charge in [-0.25, -0.2) is 4.39 Å². The largest absolute Gasteiger partial charge is 0.456 e. The minimum Gasteiger partial charge on any atom is -0.456 e. The van der Waals surface area contributed by atoms with E-state index in [1.807, 2.05) is 6.92 Å². The zero-order valence-electron chi connectivity index (χ0n) is 10.3. The maximum Gasteiger partial charge on any atom is 0.145 e. The molecule has 0 aliphatic rings. The zero-order valence-corrected chi connectivity index (χ0v) is 11.9. The van der Waals surface area contributed by atoms with Crippen molar-refractivity contribution >= 4 is 15.9 Å². The number of hydrogen-bond acceptors (Lipinski definition) is 3. The second kappa shape index (κ2) is 6.12. The number of nitrogens with zero attached hydrogens (tertiary/aromatic N) is 1. The molecule has 0 aliphatic heterocycles. The molecule has 1 heterocycles. The van der Waals surface area contributed by atoms with Crippen molar-refractivity contribution < 1.29 is 14.2 Å². The van der Waals surface area contributed by atoms with Crippen LogP contribution in [0, 0.1) is 5.82 Å². The Kier molecular flexibility index (Phi) is 4.50. The van der Waals surface area contributed by atoms with E-state index in [1.54, 1.807) is 18.2 Å². The minimum atomic E-state index is -0.572. The highest BCUT2D eigenvalue weighted by atomic mass is 79.9. The number of hydrogen-bond donors (Lipinski definition) is 1. The molecule has 3 nitrogen and oxygen atoms in total. The predicted octanol–water partition coefficient (Wildman–Crippen LogP) is 4.22. The van der Waals surface area contributed by atoms with Crippen LogP contribution in [0.2, 0.25) is 0 Å². The molecule has 0 bridgehead atoms. The van der Waals surface area contributed by atoms with Crippen LogP contribution in [0.15, 0.2) is 41.0 Å². The summed E-state index contributed by atoms with van der Waals surface area (Å²) in [5.41, 5.74) is 0.593. The van der Waals surface area contributed by atoms with Crippen molar-refractivity contribution in [3.63, 3.8) is 0 Å². The lowest BCUT2D eigenvalue weighted by atomic mass is 10.2. The molecule has 0 spiro atoms. The first-order chi connectivity index (χ1) is 9.08. The van der Waals surface area contributed by atoms with E-state index in [9.17, 15) is 9.50 Å². The van der Waals surface area contributed by atoms with Gasteiger partial charge in [0.15, 0.2) is 0 Å². The van der Waals surface area contributed by atoms with Crippen molar-refractivity contribution in [1.82, 2.24) is 4.98 Å². The molecule has 19 heavy (non-hydrogen) atoms. The highest BCUT2D eigenvalue weighted by molar-refractivity contribution is 9.10. The molecule has 0 radical (unpaired) electrons. The number of aromatic nitrogens is 1. The van der Waals surface area contributed by atoms with Crippen LogP contribution in [-0.4, -0.2) is 10.1 Å². The second-order valence-corrected chi connectivity index (χ2v) is 4.97. The van der Waals surface area contributed by atoms with E-state index in [4.69, 9.17) is 4.74 Å². The average Bonchev–Trinajstić information content (AvgIpc) is 2.37. The van der Waals surface area contributed by atoms with Crippen LogP contribution in [0.4, 0.5) is 4.39 Å². The van der Waals surface area contributed by atoms with Crippen LogP contribution in [0.5, 0.6) is 11.5 Å². The first kappa shape index (κ1) is 14.0. The van der Waals surface area contributed by atoms with Crippen molar-refractivity contribution in [2.45, 2.75) is 19.4 Å². The number of halogens is 2. The van der Waals surface area contributed by atoms with Gasteiger partial charge in [-0.2, -0.15) is 0 Å². The topological polar surface area (TPSA) is 42.4 Å². The normalized spacial score (nSPS) is 12.2. The molecule has 5 heteroatoms. The summed E-state index contributed by atoms with van der Waals surface area (Å²) in [6.07, 6.45) is 1.54. The lowest BCUT2D eigenvalue weighted by Crippen LogP contribution is -1.98. The number of benzene rings is 1. The van der Waals surface area contributed by atoms with Crippen LogP contribution in [0.25, 0.3) is 0 Å². The van der Waals surface area contributed by atoms with Crippen LogP contribution in [0.1, 0.15) is 25.1 Å². The van der Waals surface area contributed by atoms with Gasteiger partial charge in [0, 0.05) is 10.5 Å². The summed E-state index contributed by atoms with van der Waals surface area (Å²) in [4.78, 5) is 4.11. The number of rotatable bonds is 4. The second-order valence-electron chi connectivity index (χ2n) is 4.05. The van der Waals surface area contributed by atoms with Gasteiger partial charge in [-0.1, -0.05) is 22.9 Å². The summed E-state index contributed by atoms with van der Waals surface area (Å²) >= 11 is 3.20. The fourth-order valence-corrected chi connectivity index (χ4v) is 2.03. The molecule has 0 fully saturated rings. The van der Waals surface area contributed by atoms with Gasteiger partial charge in [-0.05, 0) is 30.7 Å². The Morgan fingerprint density at radius 3 is 2.68 bits per heavy atom. The fraction of sp³-hybridized carbons (Fsp3) is 0.214. The maximum absolute atomic E-state index is 13.2. The third kappa shape index (κ3) is 3.75. The molecule has 1 aromatic carbocycles. The first-order valence-corrected chi connectivity index (χ1v) is 6.65. The van der Waals surface area contributed by atoms with Gasteiger partial charge in [-0.3, -0.25) is 4.98 Å². The highest BCUT2D eigenvalue weighted by Gasteiger charge is 2.07. The SMILES string of the molecule is CCC(O)c1ccc(Oc2cc(F)cc(Br)c2)cn1. The predicted molar refractivity (Wildman–Crippen MR) is 73.7 cm³/mol. The van der Waals surface area contributed by atoms with Crippen molar-refractivity contribution in [3.8, 4) is 11.5 Å². The molecule has 1 N–H and O–H groups in total. The Balaban J connectivity index is 2.15. The van der Waals surface area contributed by atoms with Gasteiger partial charge in [-0.15, -0.1) is 0 Å². The molecule has 2 rings (SSSR count). The van der Waals surface area contributed by atoms with E-state index in [-0.39, 0.29) is 5.82 Å². The fourth-order valence-electron chi connectivity index (χ4n) is 1.58. The molecule has 0 aliphatic carbocycles. The number of aliphatic hydroxyl groups excluding tert-OH is 1. The molecular weight excluding hydrogens is 313 g/mol. The first-order valence-electron chi connectivity index (χ1n) is 5.86. The molecule has 100 valence electrons. The Hall–Kier alpha value is -1.46. The molecular formula is C14H13BrFNO2. The van der Waals surface area contributed by atoms with Crippen LogP contribution in [0.3, 0.4) is 0 Å². The molecule has 0 saturated carbocycles. The van der Waals surface area contributed by atoms with Crippen molar-refractivity contribution in [2.24, 2.45) is 0 Å². The highest BCUT2D eigenvalue weighted by Crippen LogP contribution is 2.26. The van der Waals surface area contributed by atoms with E-state index in [2.05, 4.69) is 20.9 Å². The lowest BCUT2D eigenvalue weighted by Gasteiger charge is -2.09. The smallest absolute Gasteiger partial charge is 0.145 e. The van der Waals surface area contributed by atoms with Gasteiger partial charge in [0.05, 0.1) is 18.0 Å². The van der Waals surface area contributed by atoms with Crippen LogP contribution < -0.4 is 4.74 Å². The molecule has 1 unspecified atom stereocenters. The number of pyridine rings is 1. The van der Waals surface area contributed by atoms with Crippen molar-refractivity contribution in [2.75, 3.05) is 0 Å². The van der Waals surface area contributed by atoms with Gasteiger partial charge in [0.1, 0.15) is 17.3 Å². The molecule has 1 atom stereocenters. The summed E-state index contributed by atoms with van der Waals surface area (Å²) in [5, 5.41) is 9.62. The van der Waals surface area contributed by atoms with Gasteiger partial charge in [0.2, 0.25) is 0 Å². The van der Waals surface area contributed by atoms with Crippen LogP contribution >= 0.6 is 15.9 Å². The Bertz CT molecular complexity index is 540. The Morgan fingerprint density at radius 1 is 1.32 bits per heavy atom. The maximum atomic E-state index is 13.2. The zero-order chi connectivity index (χ0) is 13.8. The van der Waals surface area contributed by atoms with E-state index < -0.39 is 6.10 Å². The van der Waals surface area contributed by atoms with E-state index in [1.165, 1.54) is 18.3 Å². The third-order valence-electron chi connectivity index (χ3n) is 2.56. The quantitative estimate of drug-likeness (QED) is 0.915. The van der Waals surface area contributed by atoms with Gasteiger partial charge in [0.25, 0.3) is 0 Å². The van der Waals surface area contributed by atoms with Crippen LogP contribution in [-0.2, 0) is 0 Å². The van der Waals surface area contributed by atoms with Gasteiger partial charge < -0.3 is 9.84 Å². The van der Waals surface area contributed by atoms with Gasteiger partial charge >= 0.3 is 0 Å². The lowest BCUT2D eigenvalue weighted by molar-refractivity contribution is 0.169. The van der Waals surface area contributed by atoms with E-state index >= 15 is 0 Å². The van der Waals surface area contributed by atoms with Crippen molar-refractivity contribution in [3.05, 3.63) is 52.5 Å². The summed E-state index contributed by atoms with van der Waals surface area (Å²) < 4.78 is 19.3. The Labute approximate surface area is 119 Å². The Morgan fingerprint density at radius 2 is 2.11 bits per heavy atom. The standard InChI is InChI=1S/C14H13BrFNO2/c1-2-14(18)13-4-3-11(8-17-13)19-12-6-9(15)5-10(16)7-12/h3-8,14,18H,2H2,1H3. The molecule has 0 saturated heterocycles. The number of aliphatic hydroxyl groups is 1. The molecule has 2 aromatic rings. The molecule has 1 aromatic heterocycles. The number of ether oxygens (including phenoxy) is 1. The summed E-state index contributed by atoms with van der Waals surface area (Å²) in [5.74, 6) is 0.498. The van der Waals surface area contributed by atoms with Crippen molar-refractivity contribution in [1.29, 1.82) is 0 Å².